The molecule has 0 radical (unpaired) electrons. The van der Waals surface area contributed by atoms with Crippen molar-refractivity contribution in [3.05, 3.63) is 42.2 Å². The molecule has 0 fully saturated rings. The standard InChI is InChI=1S/C18H18N4O/c1-18(2)12-9-15-13(10-14(12)22(4)17(18)23)20-16(21(15)3)11-5-7-19-8-6-11/h5-10H,1-4H3. The van der Waals surface area contributed by atoms with Gasteiger partial charge in [0.05, 0.1) is 16.4 Å². The fraction of sp³-hybridized carbons (Fsp3) is 0.278. The maximum Gasteiger partial charge on any atom is 0.236 e. The van der Waals surface area contributed by atoms with Crippen LogP contribution in [-0.4, -0.2) is 27.5 Å². The van der Waals surface area contributed by atoms with E-state index in [1.807, 2.05) is 46.1 Å². The highest BCUT2D eigenvalue weighted by molar-refractivity contribution is 6.09. The minimum Gasteiger partial charge on any atom is -0.327 e. The third-order valence-corrected chi connectivity index (χ3v) is 4.81. The molecule has 0 saturated carbocycles. The minimum absolute atomic E-state index is 0.122. The number of pyridine rings is 1. The van der Waals surface area contributed by atoms with Crippen LogP contribution in [0.3, 0.4) is 0 Å². The second kappa shape index (κ2) is 4.41. The molecule has 0 spiro atoms. The summed E-state index contributed by atoms with van der Waals surface area (Å²) >= 11 is 0. The Morgan fingerprint density at radius 2 is 1.78 bits per heavy atom. The lowest BCUT2D eigenvalue weighted by molar-refractivity contribution is -0.121. The lowest BCUT2D eigenvalue weighted by Crippen LogP contribution is -2.33. The van der Waals surface area contributed by atoms with E-state index in [9.17, 15) is 4.79 Å². The smallest absolute Gasteiger partial charge is 0.236 e. The normalized spacial score (nSPS) is 16.2. The number of anilines is 1. The van der Waals surface area contributed by atoms with Crippen LogP contribution in [0, 0.1) is 0 Å². The molecule has 4 rings (SSSR count). The van der Waals surface area contributed by atoms with Crippen molar-refractivity contribution in [2.75, 3.05) is 11.9 Å². The Morgan fingerprint density at radius 3 is 2.48 bits per heavy atom. The van der Waals surface area contributed by atoms with Gasteiger partial charge in [0.1, 0.15) is 5.82 Å². The van der Waals surface area contributed by atoms with E-state index in [4.69, 9.17) is 4.98 Å². The molecule has 0 aliphatic carbocycles. The van der Waals surface area contributed by atoms with Crippen LogP contribution >= 0.6 is 0 Å². The topological polar surface area (TPSA) is 51.0 Å². The number of imidazole rings is 1. The quantitative estimate of drug-likeness (QED) is 0.694. The largest absolute Gasteiger partial charge is 0.327 e. The summed E-state index contributed by atoms with van der Waals surface area (Å²) in [7, 11) is 3.83. The third-order valence-electron chi connectivity index (χ3n) is 4.81. The van der Waals surface area contributed by atoms with E-state index in [-0.39, 0.29) is 5.91 Å². The molecule has 2 aromatic heterocycles. The summed E-state index contributed by atoms with van der Waals surface area (Å²) < 4.78 is 2.07. The molecule has 3 aromatic rings. The Morgan fingerprint density at radius 1 is 1.09 bits per heavy atom. The molecule has 0 unspecified atom stereocenters. The Hall–Kier alpha value is -2.69. The van der Waals surface area contributed by atoms with Gasteiger partial charge in [-0.25, -0.2) is 4.98 Å². The van der Waals surface area contributed by atoms with Crippen LogP contribution in [0.1, 0.15) is 19.4 Å². The number of carbonyl (C=O) groups is 1. The van der Waals surface area contributed by atoms with E-state index in [1.54, 1.807) is 17.3 Å². The maximum atomic E-state index is 12.4. The first-order valence-electron chi connectivity index (χ1n) is 7.61. The van der Waals surface area contributed by atoms with Gasteiger partial charge in [0, 0.05) is 37.7 Å². The Labute approximate surface area is 134 Å². The maximum absolute atomic E-state index is 12.4. The van der Waals surface area contributed by atoms with Gasteiger partial charge in [-0.15, -0.1) is 0 Å². The van der Waals surface area contributed by atoms with Crippen LogP contribution in [0.2, 0.25) is 0 Å². The van der Waals surface area contributed by atoms with Crippen molar-refractivity contribution in [2.45, 2.75) is 19.3 Å². The molecule has 1 aromatic carbocycles. The van der Waals surface area contributed by atoms with Crippen LogP contribution < -0.4 is 4.90 Å². The van der Waals surface area contributed by atoms with Gasteiger partial charge in [0.25, 0.3) is 0 Å². The first-order chi connectivity index (χ1) is 10.9. The zero-order valence-electron chi connectivity index (χ0n) is 13.7. The van der Waals surface area contributed by atoms with Gasteiger partial charge in [-0.2, -0.15) is 0 Å². The van der Waals surface area contributed by atoms with E-state index in [0.29, 0.717) is 0 Å². The number of hydrogen-bond donors (Lipinski definition) is 0. The number of hydrogen-bond acceptors (Lipinski definition) is 3. The minimum atomic E-state index is -0.501. The molecule has 23 heavy (non-hydrogen) atoms. The van der Waals surface area contributed by atoms with Crippen molar-refractivity contribution in [3.63, 3.8) is 0 Å². The molecule has 1 amide bonds. The summed E-state index contributed by atoms with van der Waals surface area (Å²) in [4.78, 5) is 23.0. The molecular weight excluding hydrogens is 288 g/mol. The number of carbonyl (C=O) groups excluding carboxylic acids is 1. The number of nitrogens with zero attached hydrogens (tertiary/aromatic N) is 4. The van der Waals surface area contributed by atoms with E-state index in [2.05, 4.69) is 15.6 Å². The van der Waals surface area contributed by atoms with Crippen LogP contribution in [0.25, 0.3) is 22.4 Å². The lowest BCUT2D eigenvalue weighted by Gasteiger charge is -2.16. The van der Waals surface area contributed by atoms with Gasteiger partial charge in [-0.1, -0.05) is 0 Å². The summed E-state index contributed by atoms with van der Waals surface area (Å²) in [6.07, 6.45) is 3.54. The van der Waals surface area contributed by atoms with E-state index >= 15 is 0 Å². The van der Waals surface area contributed by atoms with Gasteiger partial charge in [-0.05, 0) is 43.7 Å². The third kappa shape index (κ3) is 1.76. The summed E-state index contributed by atoms with van der Waals surface area (Å²) in [6, 6.07) is 8.02. The fourth-order valence-electron chi connectivity index (χ4n) is 3.41. The van der Waals surface area contributed by atoms with Crippen molar-refractivity contribution < 1.29 is 4.79 Å². The molecular formula is C18H18N4O. The molecule has 1 aliphatic heterocycles. The number of likely N-dealkylation sites (N-methyl/N-ethyl adjacent to an activating group) is 1. The molecule has 0 saturated heterocycles. The Balaban J connectivity index is 1.99. The molecule has 0 N–H and O–H groups in total. The number of amides is 1. The first-order valence-corrected chi connectivity index (χ1v) is 7.61. The Bertz CT molecular complexity index is 941. The van der Waals surface area contributed by atoms with Crippen molar-refractivity contribution in [3.8, 4) is 11.4 Å². The second-order valence-corrected chi connectivity index (χ2v) is 6.58. The summed E-state index contributed by atoms with van der Waals surface area (Å²) in [5, 5.41) is 0. The number of aryl methyl sites for hydroxylation is 1. The first kappa shape index (κ1) is 13.9. The van der Waals surface area contributed by atoms with Crippen LogP contribution in [-0.2, 0) is 17.3 Å². The highest BCUT2D eigenvalue weighted by Crippen LogP contribution is 2.43. The van der Waals surface area contributed by atoms with Gasteiger partial charge in [0.15, 0.2) is 0 Å². The number of benzene rings is 1. The van der Waals surface area contributed by atoms with Crippen molar-refractivity contribution in [1.82, 2.24) is 14.5 Å². The zero-order valence-corrected chi connectivity index (χ0v) is 13.7. The summed E-state index contributed by atoms with van der Waals surface area (Å²) in [6.45, 7) is 3.95. The molecule has 1 aliphatic rings. The number of fused-ring (bicyclic) bond motifs is 2. The SMILES string of the molecule is CN1C(=O)C(C)(C)c2cc3c(cc21)nc(-c1ccncc1)n3C. The molecule has 5 nitrogen and oxygen atoms in total. The second-order valence-electron chi connectivity index (χ2n) is 6.58. The predicted molar refractivity (Wildman–Crippen MR) is 90.4 cm³/mol. The zero-order chi connectivity index (χ0) is 16.4. The van der Waals surface area contributed by atoms with Gasteiger partial charge < -0.3 is 9.47 Å². The monoisotopic (exact) mass is 306 g/mol. The number of rotatable bonds is 1. The molecule has 0 bridgehead atoms. The average Bonchev–Trinajstić information content (AvgIpc) is 2.96. The van der Waals surface area contributed by atoms with Gasteiger partial charge >= 0.3 is 0 Å². The van der Waals surface area contributed by atoms with Crippen LogP contribution in [0.5, 0.6) is 0 Å². The average molecular weight is 306 g/mol. The van der Waals surface area contributed by atoms with Crippen molar-refractivity contribution in [1.29, 1.82) is 0 Å². The molecule has 0 atom stereocenters. The van der Waals surface area contributed by atoms with Crippen molar-refractivity contribution >= 4 is 22.6 Å². The highest BCUT2D eigenvalue weighted by Gasteiger charge is 2.42. The molecule has 116 valence electrons. The van der Waals surface area contributed by atoms with Gasteiger partial charge in [0.2, 0.25) is 5.91 Å². The van der Waals surface area contributed by atoms with E-state index < -0.39 is 5.41 Å². The predicted octanol–water partition coefficient (Wildman–Crippen LogP) is 2.89. The highest BCUT2D eigenvalue weighted by atomic mass is 16.2. The van der Waals surface area contributed by atoms with Gasteiger partial charge in [-0.3, -0.25) is 9.78 Å². The van der Waals surface area contributed by atoms with Crippen molar-refractivity contribution in [2.24, 2.45) is 7.05 Å². The van der Waals surface area contributed by atoms with E-state index in [1.165, 1.54) is 0 Å². The fourth-order valence-corrected chi connectivity index (χ4v) is 3.41. The Kier molecular flexibility index (Phi) is 2.67. The number of aromatic nitrogens is 3. The van der Waals surface area contributed by atoms with Crippen LogP contribution in [0.15, 0.2) is 36.7 Å². The van der Waals surface area contributed by atoms with Crippen LogP contribution in [0.4, 0.5) is 5.69 Å². The molecule has 5 heteroatoms. The molecule has 3 heterocycles. The lowest BCUT2D eigenvalue weighted by atomic mass is 9.86. The summed E-state index contributed by atoms with van der Waals surface area (Å²) in [5.41, 5.74) is 4.47. The van der Waals surface area contributed by atoms with E-state index in [0.717, 1.165) is 33.7 Å². The summed E-state index contributed by atoms with van der Waals surface area (Å²) in [5.74, 6) is 1.02.